The summed E-state index contributed by atoms with van der Waals surface area (Å²) in [5.41, 5.74) is 29.3. The molecule has 1 saturated heterocycles. The zero-order valence-corrected chi connectivity index (χ0v) is 41.7. The van der Waals surface area contributed by atoms with Gasteiger partial charge in [0.25, 0.3) is 17.7 Å². The maximum absolute atomic E-state index is 14.8. The molecule has 396 valence electrons. The third-order valence-electron chi connectivity index (χ3n) is 13.3. The first-order chi connectivity index (χ1) is 35.8. The highest BCUT2D eigenvalue weighted by atomic mass is 19.1. The summed E-state index contributed by atoms with van der Waals surface area (Å²) < 4.78 is 14.2. The van der Waals surface area contributed by atoms with Crippen molar-refractivity contribution in [3.8, 4) is 0 Å². The van der Waals surface area contributed by atoms with Crippen LogP contribution >= 0.6 is 0 Å². The van der Waals surface area contributed by atoms with Crippen molar-refractivity contribution in [1.29, 1.82) is 0 Å². The molecular weight excluding hydrogens is 950 g/mol. The highest BCUT2D eigenvalue weighted by Gasteiger charge is 2.32. The van der Waals surface area contributed by atoms with Crippen molar-refractivity contribution < 1.29 is 33.2 Å². The SMILES string of the molecule is NCCCCN1CC(=O)N[C@@H](Cc2c[nH]c3ccccc23)C(=O)NN(Cc2ccc(F)cc2)CC(=O)N[C@@H](Cc2c[nH]c3ccccc23)C(=O)NN(CC2CCCCC2)CC(=O)N[C@@H](CCCN=C(N)N)C(=O)N1. The summed E-state index contributed by atoms with van der Waals surface area (Å²) in [5.74, 6) is -4.21. The first kappa shape index (κ1) is 54.4. The van der Waals surface area contributed by atoms with Crippen molar-refractivity contribution in [1.82, 2.24) is 57.2 Å². The number of hydrogen-bond donors (Lipinski definition) is 11. The van der Waals surface area contributed by atoms with Gasteiger partial charge in [-0.15, -0.1) is 0 Å². The number of nitrogens with one attached hydrogen (secondary N) is 8. The molecular formula is C52H70FN15O6. The van der Waals surface area contributed by atoms with E-state index in [2.05, 4.69) is 47.2 Å². The second-order valence-corrected chi connectivity index (χ2v) is 19.1. The van der Waals surface area contributed by atoms with Gasteiger partial charge < -0.3 is 43.1 Å². The Hall–Kier alpha value is -7.40. The van der Waals surface area contributed by atoms with Crippen LogP contribution in [-0.4, -0.2) is 130 Å². The maximum Gasteiger partial charge on any atom is 0.257 e. The molecule has 0 bridgehead atoms. The molecule has 0 radical (unpaired) electrons. The van der Waals surface area contributed by atoms with E-state index in [1.54, 1.807) is 12.4 Å². The minimum atomic E-state index is -1.24. The van der Waals surface area contributed by atoms with Gasteiger partial charge in [-0.05, 0) is 91.9 Å². The number of unbranched alkanes of at least 4 members (excludes halogenated alkanes) is 1. The topological polar surface area (TPSA) is 306 Å². The molecule has 2 aliphatic rings. The number of benzene rings is 3. The van der Waals surface area contributed by atoms with Crippen molar-refractivity contribution in [2.75, 3.05) is 45.8 Å². The molecule has 14 N–H and O–H groups in total. The highest BCUT2D eigenvalue weighted by Crippen LogP contribution is 2.25. The first-order valence-corrected chi connectivity index (χ1v) is 25.4. The van der Waals surface area contributed by atoms with E-state index in [4.69, 9.17) is 17.2 Å². The van der Waals surface area contributed by atoms with Gasteiger partial charge in [-0.1, -0.05) is 67.8 Å². The predicted molar refractivity (Wildman–Crippen MR) is 279 cm³/mol. The molecule has 3 aromatic carbocycles. The van der Waals surface area contributed by atoms with Crippen LogP contribution in [0.4, 0.5) is 4.39 Å². The Morgan fingerprint density at radius 2 is 1.12 bits per heavy atom. The molecule has 5 aromatic rings. The van der Waals surface area contributed by atoms with Gasteiger partial charge in [-0.2, -0.15) is 0 Å². The summed E-state index contributed by atoms with van der Waals surface area (Å²) >= 11 is 0. The van der Waals surface area contributed by atoms with Crippen LogP contribution in [0.5, 0.6) is 0 Å². The lowest BCUT2D eigenvalue weighted by molar-refractivity contribution is -0.137. The minimum Gasteiger partial charge on any atom is -0.370 e. The van der Waals surface area contributed by atoms with Gasteiger partial charge in [0.15, 0.2) is 5.96 Å². The van der Waals surface area contributed by atoms with E-state index in [1.165, 1.54) is 39.3 Å². The lowest BCUT2D eigenvalue weighted by Gasteiger charge is -2.32. The summed E-state index contributed by atoms with van der Waals surface area (Å²) in [4.78, 5) is 97.3. The molecule has 74 heavy (non-hydrogen) atoms. The number of para-hydroxylation sites is 2. The number of guanidine groups is 1. The number of carbonyl (C=O) groups excluding carboxylic acids is 6. The standard InChI is InChI=1S/C52H70FN15O6/c53-38-20-18-35(19-21-38)30-68-33-48(71)62-45(26-37-28-59-42-16-7-5-14-40(37)42)51(74)64-67(29-34-11-2-1-3-12-34)32-47(70)60-43(17-10-23-57-52(55)56)49(72)63-66(24-9-8-22-54)31-46(69)61-44(50(73)65-68)25-36-27-58-41-15-6-4-13-39(36)41/h4-7,13-16,18-21,27-28,34,43-45,58-59H,1-3,8-12,17,22-26,29-33,54H2,(H,60,70)(H,61,69)(H,62,71)(H,63,72)(H,64,74)(H,65,73)(H4,55,56,57)/t43-,44-,45-/m0/s1. The number of rotatable bonds is 16. The number of hydrogen-bond acceptors (Lipinski definition) is 11. The Kier molecular flexibility index (Phi) is 19.9. The molecule has 1 aliphatic heterocycles. The van der Waals surface area contributed by atoms with Gasteiger partial charge in [-0.3, -0.25) is 50.0 Å². The quantitative estimate of drug-likeness (QED) is 0.0382. The van der Waals surface area contributed by atoms with Crippen molar-refractivity contribution in [3.63, 3.8) is 0 Å². The van der Waals surface area contributed by atoms with Crippen LogP contribution in [0.1, 0.15) is 74.5 Å². The molecule has 0 spiro atoms. The molecule has 2 fully saturated rings. The molecule has 3 atom stereocenters. The summed E-state index contributed by atoms with van der Waals surface area (Å²) in [7, 11) is 0. The van der Waals surface area contributed by atoms with Gasteiger partial charge in [0.05, 0.1) is 19.6 Å². The van der Waals surface area contributed by atoms with E-state index < -0.39 is 72.5 Å². The van der Waals surface area contributed by atoms with Crippen molar-refractivity contribution >= 4 is 63.2 Å². The van der Waals surface area contributed by atoms with Crippen LogP contribution < -0.4 is 49.4 Å². The number of fused-ring (bicyclic) bond motifs is 2. The number of aromatic nitrogens is 2. The van der Waals surface area contributed by atoms with E-state index in [0.717, 1.165) is 59.5 Å². The number of nitrogens with two attached hydrogens (primary N) is 3. The fourth-order valence-corrected chi connectivity index (χ4v) is 9.57. The van der Waals surface area contributed by atoms with Crippen molar-refractivity contribution in [2.45, 2.75) is 95.3 Å². The largest absolute Gasteiger partial charge is 0.370 e. The number of H-pyrrole nitrogens is 2. The van der Waals surface area contributed by atoms with Gasteiger partial charge in [-0.25, -0.2) is 19.4 Å². The molecule has 2 aromatic heterocycles. The average molecular weight is 1020 g/mol. The molecule has 6 amide bonds. The third kappa shape index (κ3) is 16.3. The second kappa shape index (κ2) is 27.1. The fraction of sp³-hybridized carbons (Fsp3) is 0.442. The molecule has 21 nitrogen and oxygen atoms in total. The van der Waals surface area contributed by atoms with Gasteiger partial charge in [0, 0.05) is 73.2 Å². The number of aliphatic imine (C=N–C) groups is 1. The lowest BCUT2D eigenvalue weighted by Crippen LogP contribution is -2.58. The molecule has 0 unspecified atom stereocenters. The fourth-order valence-electron chi connectivity index (χ4n) is 9.57. The summed E-state index contributed by atoms with van der Waals surface area (Å²) in [5, 5.41) is 14.6. The van der Waals surface area contributed by atoms with Crippen LogP contribution in [-0.2, 0) is 48.2 Å². The van der Waals surface area contributed by atoms with Crippen LogP contribution in [0, 0.1) is 11.7 Å². The highest BCUT2D eigenvalue weighted by molar-refractivity contribution is 5.93. The number of carbonyl (C=O) groups is 6. The molecule has 1 saturated carbocycles. The van der Waals surface area contributed by atoms with Crippen molar-refractivity contribution in [3.05, 3.63) is 108 Å². The lowest BCUT2D eigenvalue weighted by atomic mass is 9.89. The predicted octanol–water partition coefficient (Wildman–Crippen LogP) is 1.61. The van der Waals surface area contributed by atoms with E-state index in [-0.39, 0.29) is 57.3 Å². The first-order valence-electron chi connectivity index (χ1n) is 25.4. The molecule has 22 heteroatoms. The van der Waals surface area contributed by atoms with Gasteiger partial charge >= 0.3 is 0 Å². The number of halogens is 1. The molecule has 1 aliphatic carbocycles. The smallest absolute Gasteiger partial charge is 0.257 e. The second-order valence-electron chi connectivity index (χ2n) is 19.1. The van der Waals surface area contributed by atoms with Crippen LogP contribution in [0.15, 0.2) is 90.2 Å². The number of amides is 6. The Morgan fingerprint density at radius 1 is 0.608 bits per heavy atom. The van der Waals surface area contributed by atoms with Crippen molar-refractivity contribution in [2.24, 2.45) is 28.1 Å². The van der Waals surface area contributed by atoms with E-state index in [9.17, 15) is 33.2 Å². The number of hydrazine groups is 3. The molecule has 3 heterocycles. The van der Waals surface area contributed by atoms with E-state index >= 15 is 0 Å². The summed E-state index contributed by atoms with van der Waals surface area (Å²) in [6.07, 6.45) is 9.85. The summed E-state index contributed by atoms with van der Waals surface area (Å²) in [6, 6.07) is 17.0. The third-order valence-corrected chi connectivity index (χ3v) is 13.3. The Balaban J connectivity index is 1.26. The Labute approximate surface area is 429 Å². The van der Waals surface area contributed by atoms with Gasteiger partial charge in [0.1, 0.15) is 23.9 Å². The normalized spacial score (nSPS) is 20.2. The van der Waals surface area contributed by atoms with Crippen LogP contribution in [0.2, 0.25) is 0 Å². The van der Waals surface area contributed by atoms with Crippen LogP contribution in [0.3, 0.4) is 0 Å². The van der Waals surface area contributed by atoms with E-state index in [0.29, 0.717) is 43.5 Å². The maximum atomic E-state index is 14.8. The van der Waals surface area contributed by atoms with Crippen LogP contribution in [0.25, 0.3) is 21.8 Å². The number of nitrogens with zero attached hydrogens (tertiary/aromatic N) is 4. The molecule has 7 rings (SSSR count). The Morgan fingerprint density at radius 3 is 1.70 bits per heavy atom. The zero-order chi connectivity index (χ0) is 52.4. The zero-order valence-electron chi connectivity index (χ0n) is 41.7. The monoisotopic (exact) mass is 1020 g/mol. The van der Waals surface area contributed by atoms with E-state index in [1.807, 2.05) is 48.5 Å². The number of aromatic amines is 2. The summed E-state index contributed by atoms with van der Waals surface area (Å²) in [6.45, 7) is -0.275. The van der Waals surface area contributed by atoms with Gasteiger partial charge in [0.2, 0.25) is 17.7 Å². The average Bonchev–Trinajstić information content (AvgIpc) is 3.98. The Bertz CT molecular complexity index is 2720. The minimum absolute atomic E-state index is 0.00578.